The van der Waals surface area contributed by atoms with Gasteiger partial charge in [0.15, 0.2) is 0 Å². The molecule has 112 valence electrons. The first-order valence-corrected chi connectivity index (χ1v) is 8.98. The zero-order chi connectivity index (χ0) is 14.4. The molecular formula is C15H24N2O2S. The first-order chi connectivity index (χ1) is 9.63. The fourth-order valence-electron chi connectivity index (χ4n) is 2.66. The number of nitrogens with one attached hydrogen (secondary N) is 1. The second kappa shape index (κ2) is 7.20. The van der Waals surface area contributed by atoms with Crippen molar-refractivity contribution < 1.29 is 8.42 Å². The Kier molecular flexibility index (Phi) is 5.57. The molecule has 1 heterocycles. The summed E-state index contributed by atoms with van der Waals surface area (Å²) in [7, 11) is -3.17. The zero-order valence-corrected chi connectivity index (χ0v) is 12.9. The van der Waals surface area contributed by atoms with E-state index in [1.54, 1.807) is 4.31 Å². The fraction of sp³-hybridized carbons (Fsp3) is 0.600. The van der Waals surface area contributed by atoms with E-state index in [4.69, 9.17) is 0 Å². The lowest BCUT2D eigenvalue weighted by molar-refractivity contribution is 0.335. The van der Waals surface area contributed by atoms with E-state index in [0.29, 0.717) is 13.0 Å². The monoisotopic (exact) mass is 296 g/mol. The summed E-state index contributed by atoms with van der Waals surface area (Å²) in [6.45, 7) is 4.36. The lowest BCUT2D eigenvalue weighted by atomic mass is 10.2. The topological polar surface area (TPSA) is 49.4 Å². The van der Waals surface area contributed by atoms with E-state index in [2.05, 4.69) is 5.32 Å². The number of benzene rings is 1. The smallest absolute Gasteiger partial charge is 0.214 e. The van der Waals surface area contributed by atoms with Gasteiger partial charge in [-0.05, 0) is 31.4 Å². The highest BCUT2D eigenvalue weighted by molar-refractivity contribution is 7.89. The molecule has 1 atom stereocenters. The van der Waals surface area contributed by atoms with Gasteiger partial charge >= 0.3 is 0 Å². The van der Waals surface area contributed by atoms with Gasteiger partial charge in [0.25, 0.3) is 0 Å². The molecule has 5 heteroatoms. The van der Waals surface area contributed by atoms with Crippen molar-refractivity contribution in [3.8, 4) is 0 Å². The Morgan fingerprint density at radius 1 is 1.30 bits per heavy atom. The Balaban J connectivity index is 2.02. The number of hydrogen-bond donors (Lipinski definition) is 1. The molecule has 20 heavy (non-hydrogen) atoms. The van der Waals surface area contributed by atoms with Gasteiger partial charge in [-0.25, -0.2) is 8.42 Å². The van der Waals surface area contributed by atoms with Crippen LogP contribution in [0.1, 0.15) is 25.3 Å². The van der Waals surface area contributed by atoms with Crippen LogP contribution in [0.2, 0.25) is 0 Å². The Morgan fingerprint density at radius 3 is 2.65 bits per heavy atom. The quantitative estimate of drug-likeness (QED) is 0.832. The van der Waals surface area contributed by atoms with E-state index < -0.39 is 10.0 Å². The molecule has 2 rings (SSSR count). The van der Waals surface area contributed by atoms with Gasteiger partial charge in [0.05, 0.1) is 5.75 Å². The summed E-state index contributed by atoms with van der Waals surface area (Å²) in [6, 6.07) is 9.95. The van der Waals surface area contributed by atoms with Crippen LogP contribution in [-0.4, -0.2) is 44.2 Å². The number of rotatable bonds is 7. The predicted molar refractivity (Wildman–Crippen MR) is 82.2 cm³/mol. The third-order valence-electron chi connectivity index (χ3n) is 3.73. The van der Waals surface area contributed by atoms with Crippen LogP contribution in [0.4, 0.5) is 0 Å². The molecule has 4 nitrogen and oxygen atoms in total. The van der Waals surface area contributed by atoms with E-state index in [1.165, 1.54) is 0 Å². The third-order valence-corrected chi connectivity index (χ3v) is 5.65. The summed E-state index contributed by atoms with van der Waals surface area (Å²) in [4.78, 5) is 0. The Labute approximate surface area is 122 Å². The fourth-order valence-corrected chi connectivity index (χ4v) is 4.49. The summed E-state index contributed by atoms with van der Waals surface area (Å²) in [5.41, 5.74) is 1.08. The molecule has 0 amide bonds. The average molecular weight is 296 g/mol. The first kappa shape index (κ1) is 15.5. The van der Waals surface area contributed by atoms with Crippen molar-refractivity contribution in [3.05, 3.63) is 35.9 Å². The minimum absolute atomic E-state index is 0.135. The molecule has 1 aliphatic rings. The van der Waals surface area contributed by atoms with Crippen molar-refractivity contribution in [3.63, 3.8) is 0 Å². The van der Waals surface area contributed by atoms with Crippen LogP contribution in [0.5, 0.6) is 0 Å². The van der Waals surface area contributed by atoms with E-state index in [9.17, 15) is 8.42 Å². The summed E-state index contributed by atoms with van der Waals surface area (Å²) >= 11 is 0. The van der Waals surface area contributed by atoms with E-state index in [0.717, 1.165) is 31.5 Å². The summed E-state index contributed by atoms with van der Waals surface area (Å²) in [5.74, 6) is 0.202. The normalized spacial score (nSPS) is 19.6. The average Bonchev–Trinajstić information content (AvgIpc) is 2.97. The van der Waals surface area contributed by atoms with Gasteiger partial charge in [0.2, 0.25) is 10.0 Å². The molecule has 0 radical (unpaired) electrons. The Morgan fingerprint density at radius 2 is 2.05 bits per heavy atom. The zero-order valence-electron chi connectivity index (χ0n) is 12.1. The van der Waals surface area contributed by atoms with Crippen molar-refractivity contribution in [1.82, 2.24) is 9.62 Å². The van der Waals surface area contributed by atoms with E-state index in [-0.39, 0.29) is 11.8 Å². The molecule has 1 saturated heterocycles. The van der Waals surface area contributed by atoms with Crippen LogP contribution in [0.15, 0.2) is 30.3 Å². The largest absolute Gasteiger partial charge is 0.315 e. The summed E-state index contributed by atoms with van der Waals surface area (Å²) in [5, 5.41) is 3.25. The lowest BCUT2D eigenvalue weighted by Crippen LogP contribution is -2.43. The minimum Gasteiger partial charge on any atom is -0.315 e. The molecule has 1 aromatic rings. The molecule has 1 aromatic carbocycles. The van der Waals surface area contributed by atoms with Gasteiger partial charge in [-0.15, -0.1) is 0 Å². The van der Waals surface area contributed by atoms with Crippen molar-refractivity contribution in [2.45, 2.75) is 32.2 Å². The van der Waals surface area contributed by atoms with Gasteiger partial charge in [-0.1, -0.05) is 37.3 Å². The van der Waals surface area contributed by atoms with Gasteiger partial charge < -0.3 is 5.32 Å². The summed E-state index contributed by atoms with van der Waals surface area (Å²) < 4.78 is 26.9. The van der Waals surface area contributed by atoms with Crippen molar-refractivity contribution in [1.29, 1.82) is 0 Å². The molecule has 1 N–H and O–H groups in total. The van der Waals surface area contributed by atoms with Gasteiger partial charge in [0.1, 0.15) is 0 Å². The highest BCUT2D eigenvalue weighted by Gasteiger charge is 2.30. The van der Waals surface area contributed by atoms with Crippen molar-refractivity contribution in [2.75, 3.05) is 25.4 Å². The minimum atomic E-state index is -3.17. The number of sulfonamides is 1. The number of hydrogen-bond acceptors (Lipinski definition) is 3. The molecule has 1 aliphatic heterocycles. The second-order valence-electron chi connectivity index (χ2n) is 5.31. The van der Waals surface area contributed by atoms with Gasteiger partial charge in [-0.2, -0.15) is 4.31 Å². The molecular weight excluding hydrogens is 272 g/mol. The molecule has 0 saturated carbocycles. The predicted octanol–water partition coefficient (Wildman–Crippen LogP) is 1.63. The maximum atomic E-state index is 12.6. The molecule has 0 spiro atoms. The van der Waals surface area contributed by atoms with Crippen molar-refractivity contribution in [2.24, 2.45) is 0 Å². The van der Waals surface area contributed by atoms with Gasteiger partial charge in [0, 0.05) is 19.1 Å². The summed E-state index contributed by atoms with van der Waals surface area (Å²) in [6.07, 6.45) is 2.37. The Hall–Kier alpha value is -0.910. The molecule has 1 unspecified atom stereocenters. The molecule has 0 aliphatic carbocycles. The van der Waals surface area contributed by atoms with E-state index in [1.807, 2.05) is 37.3 Å². The standard InChI is InChI=1S/C15H24N2O2S/c1-2-11-17(15-8-10-16-13-15)20(18,19)12-9-14-6-4-3-5-7-14/h3-7,15-16H,2,8-13H2,1H3. The number of nitrogens with zero attached hydrogens (tertiary/aromatic N) is 1. The first-order valence-electron chi connectivity index (χ1n) is 7.37. The van der Waals surface area contributed by atoms with Crippen molar-refractivity contribution >= 4 is 10.0 Å². The van der Waals surface area contributed by atoms with Crippen LogP contribution < -0.4 is 5.32 Å². The molecule has 1 fully saturated rings. The van der Waals surface area contributed by atoms with Crippen LogP contribution in [0.25, 0.3) is 0 Å². The van der Waals surface area contributed by atoms with Crippen LogP contribution in [-0.2, 0) is 16.4 Å². The molecule has 0 aromatic heterocycles. The maximum absolute atomic E-state index is 12.6. The molecule has 0 bridgehead atoms. The number of aryl methyl sites for hydroxylation is 1. The van der Waals surface area contributed by atoms with Crippen LogP contribution in [0, 0.1) is 0 Å². The van der Waals surface area contributed by atoms with Gasteiger partial charge in [-0.3, -0.25) is 0 Å². The third kappa shape index (κ3) is 4.04. The SMILES string of the molecule is CCCN(C1CCNC1)S(=O)(=O)CCc1ccccc1. The Bertz CT molecular complexity index is 496. The van der Waals surface area contributed by atoms with E-state index >= 15 is 0 Å². The lowest BCUT2D eigenvalue weighted by Gasteiger charge is -2.27. The maximum Gasteiger partial charge on any atom is 0.214 e. The highest BCUT2D eigenvalue weighted by Crippen LogP contribution is 2.16. The van der Waals surface area contributed by atoms with Crippen LogP contribution >= 0.6 is 0 Å². The second-order valence-corrected chi connectivity index (χ2v) is 7.35. The highest BCUT2D eigenvalue weighted by atomic mass is 32.2. The van der Waals surface area contributed by atoms with Crippen LogP contribution in [0.3, 0.4) is 0 Å².